The van der Waals surface area contributed by atoms with Gasteiger partial charge in [0, 0.05) is 36.0 Å². The number of carbonyl (C=O) groups excluding carboxylic acids is 1. The fourth-order valence-corrected chi connectivity index (χ4v) is 5.28. The molecule has 1 N–H and O–H groups in total. The fourth-order valence-electron chi connectivity index (χ4n) is 4.21. The number of aryl methyl sites for hydroxylation is 1. The molecule has 3 aromatic carbocycles. The number of aromatic nitrogens is 3. The number of benzene rings is 3. The van der Waals surface area contributed by atoms with Crippen LogP contribution in [0.5, 0.6) is 0 Å². The average Bonchev–Trinajstić information content (AvgIpc) is 3.27. The minimum absolute atomic E-state index is 0.0294. The number of hydrogen-bond acceptors (Lipinski definition) is 6. The summed E-state index contributed by atoms with van der Waals surface area (Å²) in [5.74, 6) is 0.803. The molecule has 1 saturated heterocycles. The minimum atomic E-state index is -0.0719. The topological polar surface area (TPSA) is 71.0 Å². The molecule has 6 rings (SSSR count). The fraction of sp³-hybridized carbons (Fsp3) is 0.143. The van der Waals surface area contributed by atoms with Crippen LogP contribution in [0.25, 0.3) is 32.0 Å². The Morgan fingerprint density at radius 3 is 2.54 bits per heavy atom. The van der Waals surface area contributed by atoms with E-state index < -0.39 is 0 Å². The van der Waals surface area contributed by atoms with Gasteiger partial charge in [0.05, 0.1) is 21.8 Å². The normalized spacial score (nSPS) is 13.6. The average molecular weight is 478 g/mol. The van der Waals surface area contributed by atoms with Crippen molar-refractivity contribution in [3.63, 3.8) is 0 Å². The first-order valence-electron chi connectivity index (χ1n) is 11.5. The third-order valence-corrected chi connectivity index (χ3v) is 7.31. The zero-order valence-corrected chi connectivity index (χ0v) is 20.0. The number of nitrogens with zero attached hydrogens (tertiary/aromatic N) is 4. The molecule has 1 amide bonds. The number of amides is 1. The molecule has 5 aromatic rings. The first-order valence-corrected chi connectivity index (χ1v) is 12.3. The Morgan fingerprint density at radius 2 is 1.74 bits per heavy atom. The van der Waals surface area contributed by atoms with Crippen molar-refractivity contribution in [1.82, 2.24) is 15.0 Å². The molecule has 7 heteroatoms. The van der Waals surface area contributed by atoms with Crippen LogP contribution in [-0.2, 0) is 4.79 Å². The van der Waals surface area contributed by atoms with Gasteiger partial charge in [-0.15, -0.1) is 11.3 Å². The lowest BCUT2D eigenvalue weighted by Crippen LogP contribution is -2.52. The number of fused-ring (bicyclic) bond motifs is 1. The zero-order chi connectivity index (χ0) is 23.8. The predicted octanol–water partition coefficient (Wildman–Crippen LogP) is 5.80. The lowest BCUT2D eigenvalue weighted by atomic mass is 9.98. The predicted molar refractivity (Wildman–Crippen MR) is 142 cm³/mol. The van der Waals surface area contributed by atoms with Gasteiger partial charge in [-0.2, -0.15) is 0 Å². The molecular weight excluding hydrogens is 454 g/mol. The molecule has 1 aliphatic rings. The van der Waals surface area contributed by atoms with E-state index >= 15 is 0 Å². The molecular formula is C28H23N5OS. The molecule has 0 aliphatic carbocycles. The molecule has 0 unspecified atom stereocenters. The summed E-state index contributed by atoms with van der Waals surface area (Å²) in [7, 11) is 0. The Balaban J connectivity index is 1.08. The summed E-state index contributed by atoms with van der Waals surface area (Å²) in [6.45, 7) is 3.37. The smallest absolute Gasteiger partial charge is 0.231 e. The zero-order valence-electron chi connectivity index (χ0n) is 19.2. The molecule has 0 saturated carbocycles. The summed E-state index contributed by atoms with van der Waals surface area (Å²) in [5.41, 5.74) is 6.03. The van der Waals surface area contributed by atoms with Gasteiger partial charge in [0.15, 0.2) is 0 Å². The van der Waals surface area contributed by atoms with Gasteiger partial charge < -0.3 is 10.2 Å². The molecule has 3 heterocycles. The first kappa shape index (κ1) is 21.4. The van der Waals surface area contributed by atoms with E-state index in [1.165, 1.54) is 10.3 Å². The van der Waals surface area contributed by atoms with Crippen molar-refractivity contribution in [2.45, 2.75) is 6.92 Å². The van der Waals surface area contributed by atoms with E-state index in [2.05, 4.69) is 45.3 Å². The van der Waals surface area contributed by atoms with E-state index in [4.69, 9.17) is 4.98 Å². The van der Waals surface area contributed by atoms with E-state index in [-0.39, 0.29) is 11.8 Å². The highest BCUT2D eigenvalue weighted by atomic mass is 32.1. The molecule has 0 atom stereocenters. The standard InChI is InChI=1S/C28H23N5OS/c1-18-7-12-23-25(13-18)35-28(32-23)20-8-10-22(11-9-20)31-27(34)21-15-33(16-21)26-14-24(29-17-30-26)19-5-3-2-4-6-19/h2-14,17,21H,15-16H2,1H3,(H,31,34). The maximum Gasteiger partial charge on any atom is 0.231 e. The van der Waals surface area contributed by atoms with Crippen LogP contribution in [0.15, 0.2) is 85.2 Å². The number of carbonyl (C=O) groups is 1. The molecule has 0 radical (unpaired) electrons. The number of rotatable bonds is 5. The Kier molecular flexibility index (Phi) is 5.47. The van der Waals surface area contributed by atoms with Gasteiger partial charge in [-0.05, 0) is 48.9 Å². The lowest BCUT2D eigenvalue weighted by molar-refractivity contribution is -0.120. The second-order valence-corrected chi connectivity index (χ2v) is 9.82. The number of anilines is 2. The Labute approximate surface area is 207 Å². The van der Waals surface area contributed by atoms with Gasteiger partial charge in [-0.25, -0.2) is 15.0 Å². The van der Waals surface area contributed by atoms with Crippen LogP contribution in [0.1, 0.15) is 5.56 Å². The van der Waals surface area contributed by atoms with E-state index in [9.17, 15) is 4.79 Å². The van der Waals surface area contributed by atoms with Gasteiger partial charge in [-0.1, -0.05) is 36.4 Å². The quantitative estimate of drug-likeness (QED) is 0.346. The van der Waals surface area contributed by atoms with Crippen LogP contribution >= 0.6 is 11.3 Å². The highest BCUT2D eigenvalue weighted by Crippen LogP contribution is 2.32. The molecule has 1 aliphatic heterocycles. The molecule has 35 heavy (non-hydrogen) atoms. The van der Waals surface area contributed by atoms with Gasteiger partial charge >= 0.3 is 0 Å². The second kappa shape index (κ2) is 8.92. The minimum Gasteiger partial charge on any atom is -0.355 e. The van der Waals surface area contributed by atoms with Gasteiger partial charge in [0.2, 0.25) is 5.91 Å². The van der Waals surface area contributed by atoms with E-state index in [0.29, 0.717) is 13.1 Å². The largest absolute Gasteiger partial charge is 0.355 e. The van der Waals surface area contributed by atoms with Crippen LogP contribution in [0.3, 0.4) is 0 Å². The molecule has 0 spiro atoms. The first-order chi connectivity index (χ1) is 17.1. The SMILES string of the molecule is Cc1ccc2nc(-c3ccc(NC(=O)C4CN(c5cc(-c6ccccc6)ncn5)C4)cc3)sc2c1. The van der Waals surface area contributed by atoms with Crippen molar-refractivity contribution < 1.29 is 4.79 Å². The summed E-state index contributed by atoms with van der Waals surface area (Å²) >= 11 is 1.69. The van der Waals surface area contributed by atoms with Crippen LogP contribution in [-0.4, -0.2) is 33.9 Å². The second-order valence-electron chi connectivity index (χ2n) is 8.79. The van der Waals surface area contributed by atoms with Crippen LogP contribution in [0.4, 0.5) is 11.5 Å². The summed E-state index contributed by atoms with van der Waals surface area (Å²) < 4.78 is 1.19. The van der Waals surface area contributed by atoms with Gasteiger partial charge in [0.1, 0.15) is 17.2 Å². The van der Waals surface area contributed by atoms with E-state index in [1.807, 2.05) is 60.7 Å². The van der Waals surface area contributed by atoms with E-state index in [0.717, 1.165) is 38.9 Å². The molecule has 2 aromatic heterocycles. The van der Waals surface area contributed by atoms with Crippen molar-refractivity contribution in [3.8, 4) is 21.8 Å². The maximum atomic E-state index is 12.8. The summed E-state index contributed by atoms with van der Waals surface area (Å²) in [5, 5.41) is 4.03. The van der Waals surface area contributed by atoms with Crippen molar-refractivity contribution in [1.29, 1.82) is 0 Å². The number of hydrogen-bond donors (Lipinski definition) is 1. The maximum absolute atomic E-state index is 12.8. The van der Waals surface area contributed by atoms with Gasteiger partial charge in [0.25, 0.3) is 0 Å². The number of thiazole rings is 1. The van der Waals surface area contributed by atoms with Crippen LogP contribution in [0.2, 0.25) is 0 Å². The monoisotopic (exact) mass is 477 g/mol. The third kappa shape index (κ3) is 4.38. The Hall–Kier alpha value is -4.10. The number of nitrogens with one attached hydrogen (secondary N) is 1. The van der Waals surface area contributed by atoms with E-state index in [1.54, 1.807) is 17.7 Å². The summed E-state index contributed by atoms with van der Waals surface area (Å²) in [6.07, 6.45) is 1.58. The van der Waals surface area contributed by atoms with Crippen LogP contribution in [0, 0.1) is 12.8 Å². The van der Waals surface area contributed by atoms with Crippen LogP contribution < -0.4 is 10.2 Å². The highest BCUT2D eigenvalue weighted by Gasteiger charge is 2.33. The summed E-state index contributed by atoms with van der Waals surface area (Å²) in [6, 6.07) is 26.2. The third-order valence-electron chi connectivity index (χ3n) is 6.24. The van der Waals surface area contributed by atoms with Crippen molar-refractivity contribution in [3.05, 3.63) is 90.8 Å². The Morgan fingerprint density at radius 1 is 0.943 bits per heavy atom. The summed E-state index contributed by atoms with van der Waals surface area (Å²) in [4.78, 5) is 28.4. The molecule has 0 bridgehead atoms. The van der Waals surface area contributed by atoms with Crippen molar-refractivity contribution >= 4 is 39.0 Å². The van der Waals surface area contributed by atoms with Gasteiger partial charge in [-0.3, -0.25) is 4.79 Å². The lowest BCUT2D eigenvalue weighted by Gasteiger charge is -2.39. The van der Waals surface area contributed by atoms with Crippen molar-refractivity contribution in [2.24, 2.45) is 5.92 Å². The molecule has 172 valence electrons. The van der Waals surface area contributed by atoms with Crippen molar-refractivity contribution in [2.75, 3.05) is 23.3 Å². The Bertz CT molecular complexity index is 1510. The molecule has 1 fully saturated rings. The molecule has 6 nitrogen and oxygen atoms in total. The highest BCUT2D eigenvalue weighted by molar-refractivity contribution is 7.21.